The average molecular weight is 393 g/mol. The molecule has 2 aromatic heterocycles. The molecule has 3 aromatic rings. The molecule has 0 fully saturated rings. The molecule has 3 heterocycles. The Labute approximate surface area is 168 Å². The molecule has 0 radical (unpaired) electrons. The smallest absolute Gasteiger partial charge is 0.255 e. The van der Waals surface area contributed by atoms with E-state index in [-0.39, 0.29) is 5.56 Å². The van der Waals surface area contributed by atoms with Gasteiger partial charge in [0.15, 0.2) is 5.82 Å². The summed E-state index contributed by atoms with van der Waals surface area (Å²) >= 11 is 0. The second kappa shape index (κ2) is 8.93. The molecular formula is C21H23N5O3. The molecule has 1 aromatic carbocycles. The van der Waals surface area contributed by atoms with Gasteiger partial charge in [0.2, 0.25) is 0 Å². The molecule has 0 amide bonds. The molecule has 0 unspecified atom stereocenters. The zero-order valence-corrected chi connectivity index (χ0v) is 16.3. The fourth-order valence-corrected chi connectivity index (χ4v) is 3.35. The first-order valence-corrected chi connectivity index (χ1v) is 9.54. The van der Waals surface area contributed by atoms with Gasteiger partial charge in [0, 0.05) is 45.6 Å². The summed E-state index contributed by atoms with van der Waals surface area (Å²) in [5.41, 5.74) is 3.20. The summed E-state index contributed by atoms with van der Waals surface area (Å²) in [6.45, 7) is 3.28. The lowest BCUT2D eigenvalue weighted by Gasteiger charge is -2.27. The van der Waals surface area contributed by atoms with E-state index in [4.69, 9.17) is 9.47 Å². The van der Waals surface area contributed by atoms with Crippen molar-refractivity contribution >= 4 is 0 Å². The van der Waals surface area contributed by atoms with Gasteiger partial charge in [0.05, 0.1) is 24.1 Å². The summed E-state index contributed by atoms with van der Waals surface area (Å²) in [5.74, 6) is 1.30. The molecule has 0 saturated carbocycles. The number of hydrogen-bond donors (Lipinski definition) is 1. The lowest BCUT2D eigenvalue weighted by Crippen LogP contribution is -2.35. The van der Waals surface area contributed by atoms with Crippen molar-refractivity contribution in [1.82, 2.24) is 24.8 Å². The monoisotopic (exact) mass is 393 g/mol. The molecule has 0 aliphatic carbocycles. The molecule has 8 nitrogen and oxygen atoms in total. The second-order valence-electron chi connectivity index (χ2n) is 6.88. The fourth-order valence-electron chi connectivity index (χ4n) is 3.35. The highest BCUT2D eigenvalue weighted by Gasteiger charge is 2.21. The van der Waals surface area contributed by atoms with Crippen LogP contribution in [0.15, 0.2) is 47.7 Å². The Bertz CT molecular complexity index is 1010. The lowest BCUT2D eigenvalue weighted by atomic mass is 10.1. The number of benzene rings is 1. The summed E-state index contributed by atoms with van der Waals surface area (Å²) in [6, 6.07) is 8.03. The molecule has 0 bridgehead atoms. The van der Waals surface area contributed by atoms with E-state index in [1.807, 2.05) is 12.1 Å². The number of H-pyrrole nitrogens is 1. The van der Waals surface area contributed by atoms with Gasteiger partial charge in [-0.2, -0.15) is 0 Å². The highest BCUT2D eigenvalue weighted by Crippen LogP contribution is 2.20. The maximum Gasteiger partial charge on any atom is 0.255 e. The van der Waals surface area contributed by atoms with Gasteiger partial charge in [-0.05, 0) is 17.7 Å². The predicted molar refractivity (Wildman–Crippen MR) is 108 cm³/mol. The highest BCUT2D eigenvalue weighted by atomic mass is 16.5. The van der Waals surface area contributed by atoms with Crippen LogP contribution in [0.1, 0.15) is 16.8 Å². The number of fused-ring (bicyclic) bond motifs is 1. The van der Waals surface area contributed by atoms with Crippen molar-refractivity contribution in [2.45, 2.75) is 19.5 Å². The van der Waals surface area contributed by atoms with E-state index >= 15 is 0 Å². The van der Waals surface area contributed by atoms with Gasteiger partial charge in [0.25, 0.3) is 5.56 Å². The summed E-state index contributed by atoms with van der Waals surface area (Å²) in [6.07, 6.45) is 5.51. The van der Waals surface area contributed by atoms with Crippen molar-refractivity contribution in [3.63, 3.8) is 0 Å². The molecular weight excluding hydrogens is 370 g/mol. The van der Waals surface area contributed by atoms with Gasteiger partial charge < -0.3 is 14.5 Å². The number of methoxy groups -OCH3 is 1. The summed E-state index contributed by atoms with van der Waals surface area (Å²) in [4.78, 5) is 30.6. The third kappa shape index (κ3) is 4.67. The Kier molecular flexibility index (Phi) is 5.92. The second-order valence-corrected chi connectivity index (χ2v) is 6.88. The summed E-state index contributed by atoms with van der Waals surface area (Å²) < 4.78 is 10.6. The van der Waals surface area contributed by atoms with Crippen molar-refractivity contribution in [3.8, 4) is 17.3 Å². The fraction of sp³-hybridized carbons (Fsp3) is 0.333. The largest absolute Gasteiger partial charge is 0.491 e. The lowest BCUT2D eigenvalue weighted by molar-refractivity contribution is 0.146. The average Bonchev–Trinajstić information content (AvgIpc) is 2.76. The van der Waals surface area contributed by atoms with Crippen LogP contribution in [0.2, 0.25) is 0 Å². The Morgan fingerprint density at radius 2 is 2.03 bits per heavy atom. The van der Waals surface area contributed by atoms with Crippen molar-refractivity contribution in [1.29, 1.82) is 0 Å². The molecule has 1 N–H and O–H groups in total. The first kappa shape index (κ1) is 19.2. The van der Waals surface area contributed by atoms with Crippen molar-refractivity contribution in [3.05, 3.63) is 70.0 Å². The van der Waals surface area contributed by atoms with Gasteiger partial charge in [-0.3, -0.25) is 14.7 Å². The van der Waals surface area contributed by atoms with Crippen LogP contribution in [0, 0.1) is 0 Å². The third-order valence-electron chi connectivity index (χ3n) is 4.84. The Morgan fingerprint density at radius 3 is 2.79 bits per heavy atom. The predicted octanol–water partition coefficient (Wildman–Crippen LogP) is 1.81. The number of nitrogens with one attached hydrogen (secondary N) is 1. The van der Waals surface area contributed by atoms with E-state index in [1.54, 1.807) is 25.7 Å². The minimum atomic E-state index is -0.109. The van der Waals surface area contributed by atoms with Crippen molar-refractivity contribution in [2.24, 2.45) is 0 Å². The van der Waals surface area contributed by atoms with Crippen LogP contribution >= 0.6 is 0 Å². The maximum absolute atomic E-state index is 12.6. The Hall–Kier alpha value is -3.10. The van der Waals surface area contributed by atoms with Gasteiger partial charge in [-0.15, -0.1) is 0 Å². The first-order valence-electron chi connectivity index (χ1n) is 9.54. The van der Waals surface area contributed by atoms with Gasteiger partial charge in [-0.1, -0.05) is 12.1 Å². The van der Waals surface area contributed by atoms with Crippen LogP contribution in [-0.2, 0) is 24.2 Å². The quantitative estimate of drug-likeness (QED) is 0.612. The van der Waals surface area contributed by atoms with Gasteiger partial charge >= 0.3 is 0 Å². The van der Waals surface area contributed by atoms with E-state index in [1.165, 1.54) is 5.56 Å². The maximum atomic E-state index is 12.6. The number of aromatic amines is 1. The van der Waals surface area contributed by atoms with Gasteiger partial charge in [-0.25, -0.2) is 9.97 Å². The van der Waals surface area contributed by atoms with E-state index in [9.17, 15) is 4.79 Å². The zero-order valence-electron chi connectivity index (χ0n) is 16.3. The molecule has 29 heavy (non-hydrogen) atoms. The van der Waals surface area contributed by atoms with Gasteiger partial charge in [0.1, 0.15) is 18.1 Å². The zero-order chi connectivity index (χ0) is 20.1. The Balaban J connectivity index is 1.43. The number of rotatable bonds is 7. The highest BCUT2D eigenvalue weighted by molar-refractivity contribution is 5.47. The van der Waals surface area contributed by atoms with Crippen LogP contribution < -0.4 is 10.3 Å². The van der Waals surface area contributed by atoms with E-state index in [0.717, 1.165) is 36.5 Å². The molecule has 1 aliphatic heterocycles. The first-order chi connectivity index (χ1) is 14.2. The molecule has 0 spiro atoms. The third-order valence-corrected chi connectivity index (χ3v) is 4.84. The number of nitrogens with zero attached hydrogens (tertiary/aromatic N) is 4. The van der Waals surface area contributed by atoms with E-state index in [0.29, 0.717) is 31.3 Å². The van der Waals surface area contributed by atoms with Crippen LogP contribution in [0.25, 0.3) is 11.5 Å². The normalized spacial score (nSPS) is 13.8. The minimum Gasteiger partial charge on any atom is -0.491 e. The summed E-state index contributed by atoms with van der Waals surface area (Å²) in [5, 5.41) is 0. The number of ether oxygens (including phenoxy) is 2. The van der Waals surface area contributed by atoms with Crippen molar-refractivity contribution < 1.29 is 9.47 Å². The molecule has 0 atom stereocenters. The SMILES string of the molecule is COCCOc1ccc(CN2CCc3nc(-c4cnccn4)[nH]c(=O)c3C2)cc1. The van der Waals surface area contributed by atoms with E-state index in [2.05, 4.69) is 37.0 Å². The molecule has 0 saturated heterocycles. The Morgan fingerprint density at radius 1 is 1.17 bits per heavy atom. The molecule has 8 heteroatoms. The van der Waals surface area contributed by atoms with Crippen LogP contribution in [0.5, 0.6) is 5.75 Å². The molecule has 150 valence electrons. The number of hydrogen-bond acceptors (Lipinski definition) is 7. The molecule has 1 aliphatic rings. The summed E-state index contributed by atoms with van der Waals surface area (Å²) in [7, 11) is 1.65. The minimum absolute atomic E-state index is 0.109. The van der Waals surface area contributed by atoms with Crippen molar-refractivity contribution in [2.75, 3.05) is 26.9 Å². The van der Waals surface area contributed by atoms with Crippen LogP contribution in [0.4, 0.5) is 0 Å². The van der Waals surface area contributed by atoms with E-state index < -0.39 is 0 Å². The molecule has 4 rings (SSSR count). The standard InChI is InChI=1S/C21H23N5O3/c1-28-10-11-29-16-4-2-15(3-5-16)13-26-9-6-18-17(14-26)21(27)25-20(24-18)19-12-22-7-8-23-19/h2-5,7-8,12H,6,9-11,13-14H2,1H3,(H,24,25,27). The van der Waals surface area contributed by atoms with Crippen LogP contribution in [0.3, 0.4) is 0 Å². The van der Waals surface area contributed by atoms with Crippen LogP contribution in [-0.4, -0.2) is 51.7 Å². The topological polar surface area (TPSA) is 93.2 Å². The number of aromatic nitrogens is 4.